The molecule has 0 bridgehead atoms. The van der Waals surface area contributed by atoms with Gasteiger partial charge in [-0.25, -0.2) is 15.0 Å². The predicted octanol–water partition coefficient (Wildman–Crippen LogP) is 4.43. The van der Waals surface area contributed by atoms with Crippen LogP contribution in [0.3, 0.4) is 0 Å². The number of fused-ring (bicyclic) bond motifs is 1. The average molecular weight is 518 g/mol. The summed E-state index contributed by atoms with van der Waals surface area (Å²) in [5.41, 5.74) is 2.78. The third-order valence-electron chi connectivity index (χ3n) is 5.00. The van der Waals surface area contributed by atoms with E-state index >= 15 is 0 Å². The number of hydrogen-bond acceptors (Lipinski definition) is 8. The number of benzene rings is 1. The third-order valence-corrected chi connectivity index (χ3v) is 5.29. The normalized spacial score (nSPS) is 11.7. The number of rotatable bonds is 8. The van der Waals surface area contributed by atoms with Crippen LogP contribution in [0.25, 0.3) is 11.2 Å². The van der Waals surface area contributed by atoms with Gasteiger partial charge >= 0.3 is 6.18 Å². The minimum Gasteiger partial charge on any atom is -0.497 e. The van der Waals surface area contributed by atoms with Gasteiger partial charge in [-0.05, 0) is 48.0 Å². The third kappa shape index (κ3) is 5.71. The number of ether oxygens (including phenoxy) is 1. The van der Waals surface area contributed by atoms with Gasteiger partial charge in [-0.3, -0.25) is 14.8 Å². The summed E-state index contributed by atoms with van der Waals surface area (Å²) in [4.78, 5) is 25.4. The first-order valence-corrected chi connectivity index (χ1v) is 10.9. The molecule has 0 saturated carbocycles. The van der Waals surface area contributed by atoms with E-state index in [0.717, 1.165) is 11.6 Å². The van der Waals surface area contributed by atoms with Crippen LogP contribution in [-0.4, -0.2) is 39.4 Å². The lowest BCUT2D eigenvalue weighted by Gasteiger charge is -2.13. The van der Waals surface area contributed by atoms with Gasteiger partial charge in [0, 0.05) is 25.5 Å². The van der Waals surface area contributed by atoms with E-state index in [1.165, 1.54) is 17.0 Å². The SMILES string of the molecule is COc1ccc(/C=N/Nc2nc3cccnc3n(CCNc3ncc(C(F)(F)F)cc3Cl)c2=O)cc1. The molecule has 3 heterocycles. The Morgan fingerprint density at radius 2 is 1.94 bits per heavy atom. The Morgan fingerprint density at radius 1 is 1.17 bits per heavy atom. The summed E-state index contributed by atoms with van der Waals surface area (Å²) < 4.78 is 45.0. The highest BCUT2D eigenvalue weighted by Crippen LogP contribution is 2.32. The maximum absolute atomic E-state index is 13.1. The molecule has 0 aliphatic rings. The Morgan fingerprint density at radius 3 is 2.64 bits per heavy atom. The molecule has 0 aliphatic carbocycles. The number of aromatic nitrogens is 4. The number of anilines is 2. The van der Waals surface area contributed by atoms with Crippen molar-refractivity contribution in [3.8, 4) is 5.75 Å². The van der Waals surface area contributed by atoms with E-state index in [4.69, 9.17) is 16.3 Å². The second-order valence-electron chi connectivity index (χ2n) is 7.39. The Labute approximate surface area is 207 Å². The first-order chi connectivity index (χ1) is 17.3. The lowest BCUT2D eigenvalue weighted by Crippen LogP contribution is -2.28. The number of halogens is 4. The van der Waals surface area contributed by atoms with E-state index in [0.29, 0.717) is 23.1 Å². The summed E-state index contributed by atoms with van der Waals surface area (Å²) in [5.74, 6) is 0.741. The molecule has 0 unspecified atom stereocenters. The van der Waals surface area contributed by atoms with Crippen molar-refractivity contribution in [1.29, 1.82) is 0 Å². The van der Waals surface area contributed by atoms with E-state index in [2.05, 4.69) is 30.8 Å². The molecule has 0 saturated heterocycles. The summed E-state index contributed by atoms with van der Waals surface area (Å²) >= 11 is 5.94. The Balaban J connectivity index is 1.52. The second-order valence-corrected chi connectivity index (χ2v) is 7.79. The van der Waals surface area contributed by atoms with E-state index in [9.17, 15) is 18.0 Å². The fourth-order valence-electron chi connectivity index (χ4n) is 3.22. The predicted molar refractivity (Wildman–Crippen MR) is 131 cm³/mol. The summed E-state index contributed by atoms with van der Waals surface area (Å²) in [6.45, 7) is 0.229. The molecule has 2 N–H and O–H groups in total. The highest BCUT2D eigenvalue weighted by atomic mass is 35.5. The molecule has 1 aromatic carbocycles. The summed E-state index contributed by atoms with van der Waals surface area (Å²) in [7, 11) is 1.57. The smallest absolute Gasteiger partial charge is 0.417 e. The van der Waals surface area contributed by atoms with Crippen molar-refractivity contribution in [1.82, 2.24) is 19.5 Å². The van der Waals surface area contributed by atoms with Gasteiger partial charge in [-0.2, -0.15) is 18.3 Å². The Hall–Kier alpha value is -4.19. The topological polar surface area (TPSA) is 106 Å². The number of methoxy groups -OCH3 is 1. The van der Waals surface area contributed by atoms with Crippen molar-refractivity contribution in [2.24, 2.45) is 5.10 Å². The van der Waals surface area contributed by atoms with E-state index in [1.54, 1.807) is 43.5 Å². The molecule has 3 aromatic heterocycles. The van der Waals surface area contributed by atoms with Gasteiger partial charge in [-0.1, -0.05) is 11.6 Å². The fraction of sp³-hybridized carbons (Fsp3) is 0.174. The first kappa shape index (κ1) is 24.9. The minimum atomic E-state index is -4.55. The van der Waals surface area contributed by atoms with Crippen LogP contribution in [-0.2, 0) is 12.7 Å². The van der Waals surface area contributed by atoms with Gasteiger partial charge in [0.25, 0.3) is 5.56 Å². The van der Waals surface area contributed by atoms with Crippen molar-refractivity contribution in [2.75, 3.05) is 24.4 Å². The summed E-state index contributed by atoms with van der Waals surface area (Å²) in [5, 5.41) is 6.75. The van der Waals surface area contributed by atoms with Crippen molar-refractivity contribution in [3.05, 3.63) is 81.4 Å². The van der Waals surface area contributed by atoms with Gasteiger partial charge in [0.05, 0.1) is 23.9 Å². The molecule has 0 atom stereocenters. The molecule has 4 aromatic rings. The van der Waals surface area contributed by atoms with Crippen molar-refractivity contribution < 1.29 is 17.9 Å². The number of pyridine rings is 2. The second kappa shape index (κ2) is 10.6. The first-order valence-electron chi connectivity index (χ1n) is 10.5. The standard InChI is InChI=1S/C23H19ClF3N7O2/c1-36-16-6-4-14(5-7-16)12-31-33-20-22(35)34(21-18(32-20)3-2-8-29-21)10-9-28-19-17(24)11-15(13-30-19)23(25,26)27/h2-8,11-13H,9-10H2,1H3,(H,28,30)(H,32,33)/b31-12+. The highest BCUT2D eigenvalue weighted by Gasteiger charge is 2.31. The lowest BCUT2D eigenvalue weighted by molar-refractivity contribution is -0.137. The number of nitrogens with one attached hydrogen (secondary N) is 2. The van der Waals surface area contributed by atoms with Crippen LogP contribution >= 0.6 is 11.6 Å². The largest absolute Gasteiger partial charge is 0.497 e. The molecule has 13 heteroatoms. The van der Waals surface area contributed by atoms with Gasteiger partial charge in [0.1, 0.15) is 17.1 Å². The van der Waals surface area contributed by atoms with Crippen molar-refractivity contribution in [3.63, 3.8) is 0 Å². The van der Waals surface area contributed by atoms with Gasteiger partial charge < -0.3 is 10.1 Å². The highest BCUT2D eigenvalue weighted by molar-refractivity contribution is 6.32. The van der Waals surface area contributed by atoms with Crippen LogP contribution in [0.1, 0.15) is 11.1 Å². The van der Waals surface area contributed by atoms with Gasteiger partial charge in [0.2, 0.25) is 5.82 Å². The maximum atomic E-state index is 13.1. The number of hydrazone groups is 1. The van der Waals surface area contributed by atoms with Crippen LogP contribution in [0.4, 0.5) is 24.8 Å². The molecule has 4 rings (SSSR count). The zero-order valence-electron chi connectivity index (χ0n) is 18.8. The van der Waals surface area contributed by atoms with Gasteiger partial charge in [0.15, 0.2) is 5.65 Å². The number of hydrogen-bond donors (Lipinski definition) is 2. The molecule has 0 fully saturated rings. The van der Waals surface area contributed by atoms with Crippen molar-refractivity contribution in [2.45, 2.75) is 12.7 Å². The average Bonchev–Trinajstić information content (AvgIpc) is 2.86. The molecule has 0 spiro atoms. The zero-order valence-corrected chi connectivity index (χ0v) is 19.5. The quantitative estimate of drug-likeness (QED) is 0.263. The fourth-order valence-corrected chi connectivity index (χ4v) is 3.46. The number of nitrogens with zero attached hydrogens (tertiary/aromatic N) is 5. The van der Waals surface area contributed by atoms with E-state index in [1.807, 2.05) is 0 Å². The lowest BCUT2D eigenvalue weighted by atomic mass is 10.2. The Kier molecular flexibility index (Phi) is 7.34. The zero-order chi connectivity index (χ0) is 25.7. The molecular formula is C23H19ClF3N7O2. The maximum Gasteiger partial charge on any atom is 0.417 e. The molecular weight excluding hydrogens is 499 g/mol. The molecule has 9 nitrogen and oxygen atoms in total. The van der Waals surface area contributed by atoms with E-state index in [-0.39, 0.29) is 29.7 Å². The molecule has 0 aliphatic heterocycles. The van der Waals surface area contributed by atoms with Crippen LogP contribution in [0.5, 0.6) is 5.75 Å². The van der Waals surface area contributed by atoms with Crippen LogP contribution in [0.2, 0.25) is 5.02 Å². The molecule has 36 heavy (non-hydrogen) atoms. The monoisotopic (exact) mass is 517 g/mol. The molecule has 0 radical (unpaired) electrons. The van der Waals surface area contributed by atoms with Crippen LogP contribution < -0.4 is 21.0 Å². The van der Waals surface area contributed by atoms with Crippen LogP contribution in [0.15, 0.2) is 64.8 Å². The van der Waals surface area contributed by atoms with E-state index < -0.39 is 17.3 Å². The van der Waals surface area contributed by atoms with Crippen molar-refractivity contribution >= 4 is 40.6 Å². The molecule has 0 amide bonds. The summed E-state index contributed by atoms with van der Waals surface area (Å²) in [6.07, 6.45) is -0.815. The number of alkyl halides is 3. The molecule has 186 valence electrons. The van der Waals surface area contributed by atoms with Crippen LogP contribution in [0, 0.1) is 0 Å². The minimum absolute atomic E-state index is 0.0223. The van der Waals surface area contributed by atoms with Gasteiger partial charge in [-0.15, -0.1) is 0 Å². The summed E-state index contributed by atoms with van der Waals surface area (Å²) in [6, 6.07) is 11.3. The Bertz CT molecular complexity index is 1460.